The molecule has 3 N–H and O–H groups in total. The number of anilines is 1. The van der Waals surface area contributed by atoms with Crippen molar-refractivity contribution in [2.45, 2.75) is 32.7 Å². The number of benzene rings is 1. The molecule has 0 bridgehead atoms. The van der Waals surface area contributed by atoms with E-state index in [9.17, 15) is 4.79 Å². The molecule has 1 aliphatic rings. The molecule has 1 saturated heterocycles. The molecule has 1 fully saturated rings. The van der Waals surface area contributed by atoms with E-state index in [1.165, 1.54) is 25.9 Å². The van der Waals surface area contributed by atoms with Gasteiger partial charge in [-0.2, -0.15) is 0 Å². The summed E-state index contributed by atoms with van der Waals surface area (Å²) >= 11 is 0. The second-order valence-corrected chi connectivity index (χ2v) is 5.65. The second kappa shape index (κ2) is 6.75. The summed E-state index contributed by atoms with van der Waals surface area (Å²) in [7, 11) is 0. The van der Waals surface area contributed by atoms with Gasteiger partial charge in [0, 0.05) is 17.3 Å². The average Bonchev–Trinajstić information content (AvgIpc) is 2.47. The molecule has 1 amide bonds. The van der Waals surface area contributed by atoms with Crippen LogP contribution in [0.3, 0.4) is 0 Å². The minimum atomic E-state index is -0.377. The summed E-state index contributed by atoms with van der Waals surface area (Å²) in [5.41, 5.74) is 6.85. The summed E-state index contributed by atoms with van der Waals surface area (Å²) in [6.07, 6.45) is 2.47. The number of nitrogens with zero attached hydrogens (tertiary/aromatic N) is 1. The summed E-state index contributed by atoms with van der Waals surface area (Å²) in [6.45, 7) is 7.97. The summed E-state index contributed by atoms with van der Waals surface area (Å²) in [5.74, 6) is 0.313. The Morgan fingerprint density at radius 1 is 1.45 bits per heavy atom. The van der Waals surface area contributed by atoms with Gasteiger partial charge in [-0.25, -0.2) is 0 Å². The Labute approximate surface area is 121 Å². The lowest BCUT2D eigenvalue weighted by Gasteiger charge is -2.34. The third-order valence-corrected chi connectivity index (χ3v) is 4.33. The maximum absolute atomic E-state index is 11.2. The van der Waals surface area contributed by atoms with Crippen molar-refractivity contribution in [3.8, 4) is 0 Å². The number of primary amides is 1. The van der Waals surface area contributed by atoms with Gasteiger partial charge in [0.25, 0.3) is 0 Å². The average molecular weight is 275 g/mol. The van der Waals surface area contributed by atoms with Crippen LogP contribution in [0.25, 0.3) is 0 Å². The van der Waals surface area contributed by atoms with E-state index in [1.54, 1.807) is 6.07 Å². The Hall–Kier alpha value is -1.55. The van der Waals surface area contributed by atoms with Crippen LogP contribution in [0, 0.1) is 5.92 Å². The van der Waals surface area contributed by atoms with Gasteiger partial charge < -0.3 is 16.0 Å². The highest BCUT2D eigenvalue weighted by molar-refractivity contribution is 5.93. The van der Waals surface area contributed by atoms with Crippen molar-refractivity contribution in [2.75, 3.05) is 25.0 Å². The van der Waals surface area contributed by atoms with Crippen molar-refractivity contribution in [3.63, 3.8) is 0 Å². The van der Waals surface area contributed by atoms with Crippen LogP contribution in [-0.4, -0.2) is 36.5 Å². The Morgan fingerprint density at radius 3 is 2.75 bits per heavy atom. The fourth-order valence-corrected chi connectivity index (χ4v) is 2.91. The number of amides is 1. The standard InChI is InChI=1S/C16H25N3O/c1-3-19-9-7-13(8-10-19)12(2)18-15-6-4-5-14(11-15)16(17)20/h4-6,11-13,18H,3,7-10H2,1-2H3,(H2,17,20). The molecule has 0 spiro atoms. The molecule has 1 heterocycles. The normalized spacial score (nSPS) is 18.7. The van der Waals surface area contributed by atoms with Crippen LogP contribution in [0.15, 0.2) is 24.3 Å². The molecular formula is C16H25N3O. The summed E-state index contributed by atoms with van der Waals surface area (Å²) in [5, 5.41) is 3.51. The number of hydrogen-bond acceptors (Lipinski definition) is 3. The maximum atomic E-state index is 11.2. The van der Waals surface area contributed by atoms with Crippen LogP contribution in [0.5, 0.6) is 0 Å². The highest BCUT2D eigenvalue weighted by atomic mass is 16.1. The molecule has 1 unspecified atom stereocenters. The van der Waals surface area contributed by atoms with Crippen LogP contribution >= 0.6 is 0 Å². The minimum absolute atomic E-state index is 0.377. The van der Waals surface area contributed by atoms with E-state index in [0.717, 1.165) is 12.2 Å². The smallest absolute Gasteiger partial charge is 0.248 e. The highest BCUT2D eigenvalue weighted by Gasteiger charge is 2.23. The van der Waals surface area contributed by atoms with Crippen molar-refractivity contribution in [1.82, 2.24) is 4.90 Å². The zero-order chi connectivity index (χ0) is 14.5. The molecule has 0 radical (unpaired) electrons. The van der Waals surface area contributed by atoms with E-state index >= 15 is 0 Å². The first-order chi connectivity index (χ1) is 9.60. The molecule has 1 aromatic rings. The topological polar surface area (TPSA) is 58.4 Å². The predicted molar refractivity (Wildman–Crippen MR) is 82.9 cm³/mol. The monoisotopic (exact) mass is 275 g/mol. The number of piperidine rings is 1. The molecule has 1 atom stereocenters. The summed E-state index contributed by atoms with van der Waals surface area (Å²) < 4.78 is 0. The number of rotatable bonds is 5. The molecule has 2 rings (SSSR count). The number of carbonyl (C=O) groups is 1. The van der Waals surface area contributed by atoms with E-state index < -0.39 is 0 Å². The Balaban J connectivity index is 1.93. The zero-order valence-corrected chi connectivity index (χ0v) is 12.4. The fourth-order valence-electron chi connectivity index (χ4n) is 2.91. The molecule has 4 heteroatoms. The van der Waals surface area contributed by atoms with Gasteiger partial charge in [-0.05, 0) is 63.5 Å². The number of likely N-dealkylation sites (tertiary alicyclic amines) is 1. The second-order valence-electron chi connectivity index (χ2n) is 5.65. The van der Waals surface area contributed by atoms with Gasteiger partial charge in [0.05, 0.1) is 0 Å². The highest BCUT2D eigenvalue weighted by Crippen LogP contribution is 2.23. The lowest BCUT2D eigenvalue weighted by atomic mass is 9.90. The number of carbonyl (C=O) groups excluding carboxylic acids is 1. The Kier molecular flexibility index (Phi) is 5.01. The maximum Gasteiger partial charge on any atom is 0.248 e. The van der Waals surface area contributed by atoms with E-state index in [-0.39, 0.29) is 5.91 Å². The number of nitrogens with two attached hydrogens (primary N) is 1. The predicted octanol–water partition coefficient (Wildman–Crippen LogP) is 2.32. The Morgan fingerprint density at radius 2 is 2.15 bits per heavy atom. The van der Waals surface area contributed by atoms with Crippen molar-refractivity contribution in [3.05, 3.63) is 29.8 Å². The Bertz CT molecular complexity index is 453. The third kappa shape index (κ3) is 3.73. The van der Waals surface area contributed by atoms with Gasteiger partial charge in [-0.1, -0.05) is 13.0 Å². The minimum Gasteiger partial charge on any atom is -0.382 e. The third-order valence-electron chi connectivity index (χ3n) is 4.33. The van der Waals surface area contributed by atoms with Crippen LogP contribution in [-0.2, 0) is 0 Å². The summed E-state index contributed by atoms with van der Waals surface area (Å²) in [4.78, 5) is 13.7. The molecule has 1 aromatic carbocycles. The molecular weight excluding hydrogens is 250 g/mol. The SMILES string of the molecule is CCN1CCC(C(C)Nc2cccc(C(N)=O)c2)CC1. The van der Waals surface area contributed by atoms with E-state index in [1.807, 2.05) is 18.2 Å². The van der Waals surface area contributed by atoms with Gasteiger partial charge in [0.1, 0.15) is 0 Å². The molecule has 20 heavy (non-hydrogen) atoms. The van der Waals surface area contributed by atoms with Crippen LogP contribution in [0.1, 0.15) is 37.0 Å². The molecule has 0 saturated carbocycles. The zero-order valence-electron chi connectivity index (χ0n) is 12.4. The van der Waals surface area contributed by atoms with Crippen LogP contribution < -0.4 is 11.1 Å². The van der Waals surface area contributed by atoms with Crippen LogP contribution in [0.4, 0.5) is 5.69 Å². The van der Waals surface area contributed by atoms with Crippen molar-refractivity contribution in [2.24, 2.45) is 11.7 Å². The number of hydrogen-bond donors (Lipinski definition) is 2. The first-order valence-corrected chi connectivity index (χ1v) is 7.49. The quantitative estimate of drug-likeness (QED) is 0.867. The summed E-state index contributed by atoms with van der Waals surface area (Å²) in [6, 6.07) is 7.86. The largest absolute Gasteiger partial charge is 0.382 e. The van der Waals surface area contributed by atoms with Crippen molar-refractivity contribution in [1.29, 1.82) is 0 Å². The van der Waals surface area contributed by atoms with Gasteiger partial charge in [-0.15, -0.1) is 0 Å². The molecule has 110 valence electrons. The van der Waals surface area contributed by atoms with Gasteiger partial charge >= 0.3 is 0 Å². The van der Waals surface area contributed by atoms with Crippen molar-refractivity contribution >= 4 is 11.6 Å². The molecule has 4 nitrogen and oxygen atoms in total. The molecule has 1 aliphatic heterocycles. The molecule has 0 aromatic heterocycles. The molecule has 0 aliphatic carbocycles. The van der Waals surface area contributed by atoms with E-state index in [0.29, 0.717) is 17.5 Å². The van der Waals surface area contributed by atoms with Gasteiger partial charge in [0.2, 0.25) is 5.91 Å². The fraction of sp³-hybridized carbons (Fsp3) is 0.562. The van der Waals surface area contributed by atoms with E-state index in [4.69, 9.17) is 5.73 Å². The number of nitrogens with one attached hydrogen (secondary N) is 1. The van der Waals surface area contributed by atoms with Gasteiger partial charge in [0.15, 0.2) is 0 Å². The van der Waals surface area contributed by atoms with Gasteiger partial charge in [-0.3, -0.25) is 4.79 Å². The first kappa shape index (κ1) is 14.9. The van der Waals surface area contributed by atoms with Crippen LogP contribution in [0.2, 0.25) is 0 Å². The van der Waals surface area contributed by atoms with E-state index in [2.05, 4.69) is 24.1 Å². The van der Waals surface area contributed by atoms with Crippen molar-refractivity contribution < 1.29 is 4.79 Å². The first-order valence-electron chi connectivity index (χ1n) is 7.49. The lowest BCUT2D eigenvalue weighted by Crippen LogP contribution is -2.39. The lowest BCUT2D eigenvalue weighted by molar-refractivity contribution is 0.100.